The summed E-state index contributed by atoms with van der Waals surface area (Å²) in [5.74, 6) is -0.211. The third-order valence-electron chi connectivity index (χ3n) is 3.23. The molecule has 1 atom stereocenters. The largest absolute Gasteiger partial charge is 0.409 e. The molecule has 1 rings (SSSR count). The number of hydrogen-bond acceptors (Lipinski definition) is 4. The fourth-order valence-corrected chi connectivity index (χ4v) is 1.94. The molecule has 20 heavy (non-hydrogen) atoms. The van der Waals surface area contributed by atoms with Crippen molar-refractivity contribution in [2.75, 3.05) is 13.6 Å². The minimum absolute atomic E-state index is 0.114. The highest BCUT2D eigenvalue weighted by molar-refractivity contribution is 5.93. The van der Waals surface area contributed by atoms with Crippen molar-refractivity contribution in [3.63, 3.8) is 0 Å². The first kappa shape index (κ1) is 16.0. The van der Waals surface area contributed by atoms with Crippen molar-refractivity contribution in [2.45, 2.75) is 33.7 Å². The molecule has 1 aromatic heterocycles. The first-order valence-electron chi connectivity index (χ1n) is 6.74. The Kier molecular flexibility index (Phi) is 5.54. The van der Waals surface area contributed by atoms with Crippen molar-refractivity contribution in [3.05, 3.63) is 17.5 Å². The standard InChI is InChI=1S/C13H23N5O2/c1-5-10-7-11(18(6-2)15-10)13(19)17(4)8-9(3)12(14)16-20/h7,9,20H,5-6,8H2,1-4H3,(H2,14,16). The van der Waals surface area contributed by atoms with Crippen LogP contribution in [0.1, 0.15) is 37.0 Å². The summed E-state index contributed by atoms with van der Waals surface area (Å²) in [5.41, 5.74) is 6.99. The third-order valence-corrected chi connectivity index (χ3v) is 3.23. The summed E-state index contributed by atoms with van der Waals surface area (Å²) in [5, 5.41) is 16.0. The fourth-order valence-electron chi connectivity index (χ4n) is 1.94. The maximum Gasteiger partial charge on any atom is 0.271 e. The van der Waals surface area contributed by atoms with Crippen molar-refractivity contribution in [1.82, 2.24) is 14.7 Å². The smallest absolute Gasteiger partial charge is 0.271 e. The van der Waals surface area contributed by atoms with Crippen molar-refractivity contribution < 1.29 is 10.0 Å². The van der Waals surface area contributed by atoms with Gasteiger partial charge in [-0.1, -0.05) is 19.0 Å². The lowest BCUT2D eigenvalue weighted by atomic mass is 10.1. The average Bonchev–Trinajstić information content (AvgIpc) is 2.88. The van der Waals surface area contributed by atoms with E-state index < -0.39 is 0 Å². The Hall–Kier alpha value is -2.05. The number of rotatable bonds is 6. The molecule has 0 aliphatic heterocycles. The molecule has 0 saturated carbocycles. The molecule has 0 aliphatic carbocycles. The minimum Gasteiger partial charge on any atom is -0.409 e. The summed E-state index contributed by atoms with van der Waals surface area (Å²) in [7, 11) is 1.70. The number of hydrogen-bond donors (Lipinski definition) is 2. The molecule has 1 amide bonds. The van der Waals surface area contributed by atoms with Crippen LogP contribution in [0.25, 0.3) is 0 Å². The van der Waals surface area contributed by atoms with E-state index in [4.69, 9.17) is 10.9 Å². The number of aryl methyl sites for hydroxylation is 2. The highest BCUT2D eigenvalue weighted by Gasteiger charge is 2.20. The fraction of sp³-hybridized carbons (Fsp3) is 0.615. The molecule has 0 spiro atoms. The number of nitrogens with two attached hydrogens (primary N) is 1. The molecule has 0 bridgehead atoms. The maximum atomic E-state index is 12.4. The van der Waals surface area contributed by atoms with Gasteiger partial charge in [0.25, 0.3) is 5.91 Å². The van der Waals surface area contributed by atoms with Crippen LogP contribution in [0.2, 0.25) is 0 Å². The molecule has 0 aromatic carbocycles. The second-order valence-electron chi connectivity index (χ2n) is 4.80. The van der Waals surface area contributed by atoms with Gasteiger partial charge in [-0.3, -0.25) is 9.48 Å². The van der Waals surface area contributed by atoms with Crippen LogP contribution in [0.15, 0.2) is 11.2 Å². The number of nitrogens with zero attached hydrogens (tertiary/aromatic N) is 4. The molecule has 1 heterocycles. The Morgan fingerprint density at radius 2 is 2.25 bits per heavy atom. The van der Waals surface area contributed by atoms with E-state index >= 15 is 0 Å². The second-order valence-corrected chi connectivity index (χ2v) is 4.80. The van der Waals surface area contributed by atoms with E-state index in [0.717, 1.165) is 12.1 Å². The van der Waals surface area contributed by atoms with Gasteiger partial charge < -0.3 is 15.8 Å². The summed E-state index contributed by atoms with van der Waals surface area (Å²) in [6.45, 7) is 6.77. The van der Waals surface area contributed by atoms with Gasteiger partial charge in [-0.2, -0.15) is 5.10 Å². The molecule has 0 saturated heterocycles. The maximum absolute atomic E-state index is 12.4. The van der Waals surface area contributed by atoms with Crippen LogP contribution in [0.5, 0.6) is 0 Å². The van der Waals surface area contributed by atoms with Crippen LogP contribution in [0, 0.1) is 5.92 Å². The molecule has 7 nitrogen and oxygen atoms in total. The highest BCUT2D eigenvalue weighted by atomic mass is 16.4. The topological polar surface area (TPSA) is 96.7 Å². The Bertz CT molecular complexity index is 495. The number of aromatic nitrogens is 2. The lowest BCUT2D eigenvalue weighted by molar-refractivity contribution is 0.0773. The monoisotopic (exact) mass is 281 g/mol. The predicted molar refractivity (Wildman–Crippen MR) is 76.8 cm³/mol. The van der Waals surface area contributed by atoms with E-state index in [9.17, 15) is 4.79 Å². The average molecular weight is 281 g/mol. The van der Waals surface area contributed by atoms with Crippen LogP contribution in [-0.2, 0) is 13.0 Å². The Morgan fingerprint density at radius 1 is 1.60 bits per heavy atom. The normalized spacial score (nSPS) is 13.3. The molecular formula is C13H23N5O2. The summed E-state index contributed by atoms with van der Waals surface area (Å²) >= 11 is 0. The summed E-state index contributed by atoms with van der Waals surface area (Å²) < 4.78 is 1.70. The van der Waals surface area contributed by atoms with Gasteiger partial charge >= 0.3 is 0 Å². The number of carbonyl (C=O) groups is 1. The van der Waals surface area contributed by atoms with Gasteiger partial charge in [-0.05, 0) is 19.4 Å². The second kappa shape index (κ2) is 6.93. The molecule has 7 heteroatoms. The molecule has 112 valence electrons. The van der Waals surface area contributed by atoms with Crippen molar-refractivity contribution in [2.24, 2.45) is 16.8 Å². The summed E-state index contributed by atoms with van der Waals surface area (Å²) in [6.07, 6.45) is 0.789. The van der Waals surface area contributed by atoms with E-state index in [1.807, 2.05) is 19.9 Å². The first-order valence-corrected chi connectivity index (χ1v) is 6.74. The van der Waals surface area contributed by atoms with E-state index in [2.05, 4.69) is 10.3 Å². The van der Waals surface area contributed by atoms with Gasteiger partial charge in [-0.25, -0.2) is 0 Å². The minimum atomic E-state index is -0.211. The zero-order valence-corrected chi connectivity index (χ0v) is 12.5. The van der Waals surface area contributed by atoms with Crippen molar-refractivity contribution in [1.29, 1.82) is 0 Å². The molecule has 0 fully saturated rings. The number of amidine groups is 1. The highest BCUT2D eigenvalue weighted by Crippen LogP contribution is 2.10. The molecule has 0 radical (unpaired) electrons. The SMILES string of the molecule is CCc1cc(C(=O)N(C)CC(C)C(N)=NO)n(CC)n1. The summed E-state index contributed by atoms with van der Waals surface area (Å²) in [4.78, 5) is 14.0. The van der Waals surface area contributed by atoms with Crippen molar-refractivity contribution in [3.8, 4) is 0 Å². The van der Waals surface area contributed by atoms with Crippen LogP contribution in [0.3, 0.4) is 0 Å². The van der Waals surface area contributed by atoms with E-state index in [-0.39, 0.29) is 17.7 Å². The third kappa shape index (κ3) is 3.49. The van der Waals surface area contributed by atoms with Crippen LogP contribution >= 0.6 is 0 Å². The molecule has 0 aliphatic rings. The van der Waals surface area contributed by atoms with Crippen LogP contribution in [-0.4, -0.2) is 45.2 Å². The number of amides is 1. The van der Waals surface area contributed by atoms with Gasteiger partial charge in [-0.15, -0.1) is 0 Å². The predicted octanol–water partition coefficient (Wildman–Crippen LogP) is 0.920. The van der Waals surface area contributed by atoms with Crippen LogP contribution in [0.4, 0.5) is 0 Å². The lowest BCUT2D eigenvalue weighted by Gasteiger charge is -2.21. The first-order chi connectivity index (χ1) is 9.44. The molecule has 1 aromatic rings. The van der Waals surface area contributed by atoms with Gasteiger partial charge in [0.1, 0.15) is 11.5 Å². The zero-order valence-electron chi connectivity index (χ0n) is 12.5. The van der Waals surface area contributed by atoms with E-state index in [1.165, 1.54) is 0 Å². The van der Waals surface area contributed by atoms with Crippen molar-refractivity contribution >= 4 is 11.7 Å². The van der Waals surface area contributed by atoms with Crippen LogP contribution < -0.4 is 5.73 Å². The molecule has 1 unspecified atom stereocenters. The van der Waals surface area contributed by atoms with Gasteiger partial charge in [0, 0.05) is 26.1 Å². The number of oxime groups is 1. The van der Waals surface area contributed by atoms with Gasteiger partial charge in [0.05, 0.1) is 5.69 Å². The van der Waals surface area contributed by atoms with E-state index in [0.29, 0.717) is 18.8 Å². The Labute approximate surface area is 119 Å². The van der Waals surface area contributed by atoms with E-state index in [1.54, 1.807) is 23.6 Å². The Balaban J connectivity index is 2.86. The Morgan fingerprint density at radius 3 is 2.75 bits per heavy atom. The van der Waals surface area contributed by atoms with Gasteiger partial charge in [0.15, 0.2) is 0 Å². The molecular weight excluding hydrogens is 258 g/mol. The molecule has 3 N–H and O–H groups in total. The lowest BCUT2D eigenvalue weighted by Crippen LogP contribution is -2.37. The quantitative estimate of drug-likeness (QED) is 0.351. The number of carbonyl (C=O) groups excluding carboxylic acids is 1. The zero-order chi connectivity index (χ0) is 15.3. The van der Waals surface area contributed by atoms with Gasteiger partial charge in [0.2, 0.25) is 0 Å². The summed E-state index contributed by atoms with van der Waals surface area (Å²) in [6, 6.07) is 1.82.